The zero-order valence-electron chi connectivity index (χ0n) is 23.0. The summed E-state index contributed by atoms with van der Waals surface area (Å²) in [4.78, 5) is 29.7. The molecule has 0 atom stereocenters. The maximum atomic E-state index is 12.8. The van der Waals surface area contributed by atoms with Gasteiger partial charge in [-0.25, -0.2) is 4.79 Å². The van der Waals surface area contributed by atoms with Crippen molar-refractivity contribution in [3.05, 3.63) is 134 Å². The van der Waals surface area contributed by atoms with E-state index in [1.165, 1.54) is 0 Å². The van der Waals surface area contributed by atoms with Crippen LogP contribution in [0.15, 0.2) is 96.2 Å². The van der Waals surface area contributed by atoms with Gasteiger partial charge in [0.2, 0.25) is 0 Å². The Hall–Kier alpha value is -4.58. The molecule has 1 aliphatic rings. The van der Waals surface area contributed by atoms with Gasteiger partial charge in [-0.3, -0.25) is 10.1 Å². The van der Waals surface area contributed by atoms with Gasteiger partial charge in [0.1, 0.15) is 5.71 Å². The number of carbonyl (C=O) groups excluding carboxylic acids is 1. The van der Waals surface area contributed by atoms with Gasteiger partial charge in [0.05, 0.1) is 10.5 Å². The van der Waals surface area contributed by atoms with Gasteiger partial charge in [-0.2, -0.15) is 0 Å². The molecule has 0 aromatic heterocycles. The molecule has 0 unspecified atom stereocenters. The van der Waals surface area contributed by atoms with E-state index in [0.29, 0.717) is 11.3 Å². The van der Waals surface area contributed by atoms with Gasteiger partial charge in [-0.1, -0.05) is 86.4 Å². The van der Waals surface area contributed by atoms with E-state index in [2.05, 4.69) is 31.1 Å². The lowest BCUT2D eigenvalue weighted by Gasteiger charge is -2.32. The first-order valence-corrected chi connectivity index (χ1v) is 13.7. The smallest absolute Gasteiger partial charge is 0.312 e. The summed E-state index contributed by atoms with van der Waals surface area (Å²) in [5.41, 5.74) is 7.72. The van der Waals surface area contributed by atoms with E-state index in [1.54, 1.807) is 36.4 Å². The Balaban J connectivity index is 1.67. The third-order valence-electron chi connectivity index (χ3n) is 7.81. The summed E-state index contributed by atoms with van der Waals surface area (Å²) in [7, 11) is 0. The lowest BCUT2D eigenvalue weighted by Crippen LogP contribution is -2.25. The van der Waals surface area contributed by atoms with Gasteiger partial charge in [-0.15, -0.1) is 0 Å². The number of nitro groups is 1. The van der Waals surface area contributed by atoms with Gasteiger partial charge < -0.3 is 4.84 Å². The van der Waals surface area contributed by atoms with Gasteiger partial charge >= 0.3 is 5.97 Å². The molecule has 202 valence electrons. The lowest BCUT2D eigenvalue weighted by atomic mass is 9.71. The highest BCUT2D eigenvalue weighted by Gasteiger charge is 2.43. The third kappa shape index (κ3) is 4.81. The van der Waals surface area contributed by atoms with Crippen LogP contribution in [0.2, 0.25) is 0 Å². The molecule has 0 saturated heterocycles. The highest BCUT2D eigenvalue weighted by molar-refractivity contribution is 6.14. The molecule has 0 heterocycles. The summed E-state index contributed by atoms with van der Waals surface area (Å²) >= 11 is 0. The molecule has 0 aliphatic heterocycles. The second-order valence-corrected chi connectivity index (χ2v) is 10.3. The van der Waals surface area contributed by atoms with Gasteiger partial charge in [-0.05, 0) is 71.8 Å². The monoisotopic (exact) mass is 532 g/mol. The number of fused-ring (bicyclic) bond motifs is 3. The number of oxime groups is 1. The van der Waals surface area contributed by atoms with Crippen molar-refractivity contribution in [2.45, 2.75) is 51.9 Å². The molecule has 0 saturated carbocycles. The molecule has 40 heavy (non-hydrogen) atoms. The zero-order chi connectivity index (χ0) is 28.3. The number of benzene rings is 4. The van der Waals surface area contributed by atoms with Gasteiger partial charge in [0.25, 0.3) is 5.69 Å². The number of nitrogens with zero attached hydrogens (tertiary/aromatic N) is 2. The van der Waals surface area contributed by atoms with Crippen molar-refractivity contribution in [3.8, 4) is 11.1 Å². The fourth-order valence-corrected chi connectivity index (χ4v) is 6.07. The van der Waals surface area contributed by atoms with E-state index in [9.17, 15) is 14.9 Å². The highest BCUT2D eigenvalue weighted by Crippen LogP contribution is 2.54. The molecule has 6 heteroatoms. The number of carbonyl (C=O) groups is 1. The summed E-state index contributed by atoms with van der Waals surface area (Å²) in [6.45, 7) is 6.31. The summed E-state index contributed by atoms with van der Waals surface area (Å²) in [6.07, 6.45) is 3.59. The van der Waals surface area contributed by atoms with Crippen LogP contribution in [0, 0.1) is 17.0 Å². The van der Waals surface area contributed by atoms with E-state index in [4.69, 9.17) is 4.84 Å². The Bertz CT molecular complexity index is 1600. The van der Waals surface area contributed by atoms with Crippen LogP contribution in [0.3, 0.4) is 0 Å². The SMILES string of the molecule is CCCC1(CCC)c2cc(/C(=N/OC(=O)c3ccccc3)c3ccccc3C)ccc2-c2ccc([N+](=O)[O-])cc21. The molecule has 4 aromatic carbocycles. The molecule has 0 fully saturated rings. The molecule has 5 rings (SSSR count). The average molecular weight is 533 g/mol. The van der Waals surface area contributed by atoms with E-state index in [1.807, 2.05) is 49.4 Å². The minimum Gasteiger partial charge on any atom is -0.312 e. The van der Waals surface area contributed by atoms with E-state index >= 15 is 0 Å². The largest absolute Gasteiger partial charge is 0.365 e. The van der Waals surface area contributed by atoms with Crippen molar-refractivity contribution in [1.29, 1.82) is 0 Å². The predicted molar refractivity (Wildman–Crippen MR) is 158 cm³/mol. The molecule has 0 N–H and O–H groups in total. The molecule has 0 radical (unpaired) electrons. The third-order valence-corrected chi connectivity index (χ3v) is 7.81. The lowest BCUT2D eigenvalue weighted by molar-refractivity contribution is -0.384. The number of hydrogen-bond donors (Lipinski definition) is 0. The maximum absolute atomic E-state index is 12.8. The predicted octanol–water partition coefficient (Wildman–Crippen LogP) is 8.38. The molecule has 1 aliphatic carbocycles. The number of rotatable bonds is 9. The van der Waals surface area contributed by atoms with Crippen molar-refractivity contribution < 1.29 is 14.6 Å². The van der Waals surface area contributed by atoms with E-state index < -0.39 is 5.97 Å². The summed E-state index contributed by atoms with van der Waals surface area (Å²) in [6, 6.07) is 28.1. The fraction of sp³-hybridized carbons (Fsp3) is 0.235. The van der Waals surface area contributed by atoms with E-state index in [0.717, 1.165) is 64.6 Å². The van der Waals surface area contributed by atoms with Crippen LogP contribution in [-0.4, -0.2) is 16.6 Å². The van der Waals surface area contributed by atoms with Crippen LogP contribution in [-0.2, 0) is 10.3 Å². The Morgan fingerprint density at radius 2 is 1.45 bits per heavy atom. The highest BCUT2D eigenvalue weighted by atomic mass is 16.7. The first-order chi connectivity index (χ1) is 19.4. The first kappa shape index (κ1) is 27.0. The van der Waals surface area contributed by atoms with Crippen LogP contribution >= 0.6 is 0 Å². The number of non-ortho nitro benzene ring substituents is 1. The molecule has 4 aromatic rings. The Kier molecular flexibility index (Phi) is 7.60. The minimum absolute atomic E-state index is 0.110. The van der Waals surface area contributed by atoms with Crippen LogP contribution in [0.25, 0.3) is 11.1 Å². The minimum atomic E-state index is -0.529. The number of nitro benzene ring substituents is 1. The Morgan fingerprint density at radius 3 is 2.10 bits per heavy atom. The summed E-state index contributed by atoms with van der Waals surface area (Å²) in [5.74, 6) is -0.529. The fourth-order valence-electron chi connectivity index (χ4n) is 6.07. The number of hydrogen-bond acceptors (Lipinski definition) is 5. The molecular weight excluding hydrogens is 500 g/mol. The van der Waals surface area contributed by atoms with Crippen molar-refractivity contribution in [2.75, 3.05) is 0 Å². The van der Waals surface area contributed by atoms with Crippen LogP contribution < -0.4 is 0 Å². The molecule has 0 amide bonds. The van der Waals surface area contributed by atoms with Gasteiger partial charge in [0, 0.05) is 28.7 Å². The standard InChI is InChI=1S/C34H32N2O4/c1-4-19-34(20-5-2)30-21-25(15-17-28(30)29-18-16-26(36(38)39)22-31(29)34)32(27-14-10-9-11-23(27)3)35-40-33(37)24-12-7-6-8-13-24/h6-18,21-22H,4-5,19-20H2,1-3H3/b35-32-. The molecular formula is C34H32N2O4. The Labute approximate surface area is 234 Å². The molecule has 0 bridgehead atoms. The van der Waals surface area contributed by atoms with E-state index in [-0.39, 0.29) is 16.0 Å². The van der Waals surface area contributed by atoms with Crippen LogP contribution in [0.5, 0.6) is 0 Å². The molecule has 0 spiro atoms. The first-order valence-electron chi connectivity index (χ1n) is 13.7. The number of aryl methyl sites for hydroxylation is 1. The maximum Gasteiger partial charge on any atom is 0.365 e. The van der Waals surface area contributed by atoms with Crippen LogP contribution in [0.1, 0.15) is 77.7 Å². The second-order valence-electron chi connectivity index (χ2n) is 10.3. The molecule has 6 nitrogen and oxygen atoms in total. The Morgan fingerprint density at radius 1 is 0.825 bits per heavy atom. The zero-order valence-corrected chi connectivity index (χ0v) is 23.0. The average Bonchev–Trinajstić information content (AvgIpc) is 3.23. The van der Waals surface area contributed by atoms with Crippen molar-refractivity contribution in [2.24, 2.45) is 5.16 Å². The normalized spacial score (nSPS) is 13.4. The topological polar surface area (TPSA) is 81.8 Å². The second kappa shape index (κ2) is 11.3. The van der Waals surface area contributed by atoms with Crippen molar-refractivity contribution in [1.82, 2.24) is 0 Å². The van der Waals surface area contributed by atoms with Gasteiger partial charge in [0.15, 0.2) is 0 Å². The van der Waals surface area contributed by atoms with Crippen molar-refractivity contribution in [3.63, 3.8) is 0 Å². The summed E-state index contributed by atoms with van der Waals surface area (Å²) < 4.78 is 0. The van der Waals surface area contributed by atoms with Crippen LogP contribution in [0.4, 0.5) is 5.69 Å². The van der Waals surface area contributed by atoms with Crippen molar-refractivity contribution >= 4 is 17.4 Å². The summed E-state index contributed by atoms with van der Waals surface area (Å²) in [5, 5.41) is 16.1. The quantitative estimate of drug-likeness (QED) is 0.0938.